The fourth-order valence-electron chi connectivity index (χ4n) is 3.86. The van der Waals surface area contributed by atoms with E-state index < -0.39 is 0 Å². The molecule has 1 heterocycles. The topological polar surface area (TPSA) is 33.2 Å². The van der Waals surface area contributed by atoms with Crippen LogP contribution in [0.5, 0.6) is 0 Å². The predicted molar refractivity (Wildman–Crippen MR) is 95.9 cm³/mol. The van der Waals surface area contributed by atoms with E-state index in [1.54, 1.807) is 0 Å². The lowest BCUT2D eigenvalue weighted by Gasteiger charge is -2.29. The van der Waals surface area contributed by atoms with Crippen molar-refractivity contribution in [2.75, 3.05) is 0 Å². The maximum Gasteiger partial charge on any atom is 0.256 e. The number of benzene rings is 1. The van der Waals surface area contributed by atoms with Gasteiger partial charge in [0.15, 0.2) is 0 Å². The maximum absolute atomic E-state index is 13.2. The Balaban J connectivity index is 1.62. The molecule has 2 aliphatic rings. The molecule has 0 radical (unpaired) electrons. The molecule has 0 N–H and O–H groups in total. The van der Waals surface area contributed by atoms with Crippen LogP contribution in [-0.4, -0.2) is 27.9 Å². The quantitative estimate of drug-likeness (QED) is 0.824. The molecule has 24 heavy (non-hydrogen) atoms. The predicted octanol–water partition coefficient (Wildman–Crippen LogP) is 4.60. The van der Waals surface area contributed by atoms with Crippen LogP contribution in [0.4, 0.5) is 0 Å². The number of aryl methyl sites for hydroxylation is 1. The van der Waals surface area contributed by atoms with E-state index in [1.165, 1.54) is 12.8 Å². The van der Waals surface area contributed by atoms with E-state index in [0.29, 0.717) is 12.1 Å². The fraction of sp³-hybridized carbons (Fsp3) is 0.429. The molecule has 124 valence electrons. The summed E-state index contributed by atoms with van der Waals surface area (Å²) in [5, 5.41) is 0. The van der Waals surface area contributed by atoms with Gasteiger partial charge < -0.3 is 4.90 Å². The van der Waals surface area contributed by atoms with Gasteiger partial charge in [0.2, 0.25) is 0 Å². The molecule has 2 saturated carbocycles. The van der Waals surface area contributed by atoms with E-state index in [1.807, 2.05) is 37.3 Å². The van der Waals surface area contributed by atoms with Crippen LogP contribution in [0.25, 0.3) is 11.3 Å². The van der Waals surface area contributed by atoms with Gasteiger partial charge in [-0.2, -0.15) is 0 Å². The monoisotopic (exact) mass is 320 g/mol. The molecular formula is C21H24N2O. The molecule has 2 aromatic rings. The number of pyridine rings is 1. The second kappa shape index (κ2) is 6.39. The van der Waals surface area contributed by atoms with Gasteiger partial charge in [-0.1, -0.05) is 43.2 Å². The molecular weight excluding hydrogens is 296 g/mol. The molecule has 0 saturated heterocycles. The summed E-state index contributed by atoms with van der Waals surface area (Å²) in [5.41, 5.74) is 3.64. The molecule has 1 aromatic heterocycles. The van der Waals surface area contributed by atoms with Crippen molar-refractivity contribution < 1.29 is 4.79 Å². The summed E-state index contributed by atoms with van der Waals surface area (Å²) in [7, 11) is 0. The molecule has 1 amide bonds. The summed E-state index contributed by atoms with van der Waals surface area (Å²) in [4.78, 5) is 20.1. The van der Waals surface area contributed by atoms with Crippen molar-refractivity contribution in [1.29, 1.82) is 0 Å². The Morgan fingerprint density at radius 2 is 1.62 bits per heavy atom. The normalized spacial score (nSPS) is 17.9. The lowest BCUT2D eigenvalue weighted by molar-refractivity contribution is 0.0663. The van der Waals surface area contributed by atoms with Crippen molar-refractivity contribution in [3.63, 3.8) is 0 Å². The smallest absolute Gasteiger partial charge is 0.256 e. The van der Waals surface area contributed by atoms with Gasteiger partial charge in [-0.3, -0.25) is 9.78 Å². The van der Waals surface area contributed by atoms with Crippen LogP contribution in [0.2, 0.25) is 0 Å². The van der Waals surface area contributed by atoms with E-state index in [4.69, 9.17) is 4.98 Å². The number of carbonyl (C=O) groups excluding carboxylic acids is 1. The molecule has 0 bridgehead atoms. The molecule has 2 fully saturated rings. The number of nitrogens with zero attached hydrogens (tertiary/aromatic N) is 2. The van der Waals surface area contributed by atoms with Crippen molar-refractivity contribution in [3.05, 3.63) is 53.7 Å². The lowest BCUT2D eigenvalue weighted by Crippen LogP contribution is -2.41. The summed E-state index contributed by atoms with van der Waals surface area (Å²) in [6.45, 7) is 1.96. The average molecular weight is 320 g/mol. The largest absolute Gasteiger partial charge is 0.333 e. The second-order valence-corrected chi connectivity index (χ2v) is 7.08. The highest BCUT2D eigenvalue weighted by Crippen LogP contribution is 2.36. The Morgan fingerprint density at radius 3 is 2.25 bits per heavy atom. The van der Waals surface area contributed by atoms with Gasteiger partial charge in [0, 0.05) is 17.6 Å². The standard InChI is InChI=1S/C21H24N2O/c1-15-19(13-14-20(22-15)16-7-3-2-4-8-16)21(24)23(18-11-12-18)17-9-5-6-10-17/h2-4,7-8,13-14,17-18H,5-6,9-12H2,1H3. The number of hydrogen-bond acceptors (Lipinski definition) is 2. The van der Waals surface area contributed by atoms with E-state index >= 15 is 0 Å². The van der Waals surface area contributed by atoms with Crippen LogP contribution in [0.1, 0.15) is 54.6 Å². The third-order valence-corrected chi connectivity index (χ3v) is 5.28. The Bertz CT molecular complexity index is 731. The summed E-state index contributed by atoms with van der Waals surface area (Å²) in [6, 6.07) is 15.0. The van der Waals surface area contributed by atoms with Gasteiger partial charge in [-0.05, 0) is 44.7 Å². The third-order valence-electron chi connectivity index (χ3n) is 5.28. The van der Waals surface area contributed by atoms with Gasteiger partial charge in [0.25, 0.3) is 5.91 Å². The highest BCUT2D eigenvalue weighted by Gasteiger charge is 2.39. The highest BCUT2D eigenvalue weighted by atomic mass is 16.2. The molecule has 0 spiro atoms. The van der Waals surface area contributed by atoms with Gasteiger partial charge in [0.05, 0.1) is 17.0 Å². The lowest BCUT2D eigenvalue weighted by atomic mass is 10.1. The first-order valence-corrected chi connectivity index (χ1v) is 9.10. The summed E-state index contributed by atoms with van der Waals surface area (Å²) < 4.78 is 0. The molecule has 2 aliphatic carbocycles. The van der Waals surface area contributed by atoms with Crippen molar-refractivity contribution in [2.24, 2.45) is 0 Å². The summed E-state index contributed by atoms with van der Waals surface area (Å²) in [5.74, 6) is 0.189. The van der Waals surface area contributed by atoms with Gasteiger partial charge in [0.1, 0.15) is 0 Å². The zero-order valence-electron chi connectivity index (χ0n) is 14.2. The Labute approximate surface area is 143 Å². The fourth-order valence-corrected chi connectivity index (χ4v) is 3.86. The van der Waals surface area contributed by atoms with Gasteiger partial charge in [-0.15, -0.1) is 0 Å². The summed E-state index contributed by atoms with van der Waals surface area (Å²) >= 11 is 0. The SMILES string of the molecule is Cc1nc(-c2ccccc2)ccc1C(=O)N(C1CCCC1)C1CC1. The number of amides is 1. The van der Waals surface area contributed by atoms with E-state index in [9.17, 15) is 4.79 Å². The number of hydrogen-bond donors (Lipinski definition) is 0. The molecule has 4 rings (SSSR count). The van der Waals surface area contributed by atoms with E-state index in [2.05, 4.69) is 17.0 Å². The van der Waals surface area contributed by atoms with Crippen molar-refractivity contribution in [1.82, 2.24) is 9.88 Å². The minimum Gasteiger partial charge on any atom is -0.333 e. The molecule has 1 aromatic carbocycles. The maximum atomic E-state index is 13.2. The second-order valence-electron chi connectivity index (χ2n) is 7.08. The minimum atomic E-state index is 0.189. The van der Waals surface area contributed by atoms with Crippen LogP contribution in [-0.2, 0) is 0 Å². The van der Waals surface area contributed by atoms with E-state index in [0.717, 1.165) is 48.2 Å². The first-order chi connectivity index (χ1) is 11.7. The van der Waals surface area contributed by atoms with Gasteiger partial charge >= 0.3 is 0 Å². The zero-order valence-corrected chi connectivity index (χ0v) is 14.2. The Kier molecular flexibility index (Phi) is 4.09. The van der Waals surface area contributed by atoms with Crippen LogP contribution in [0.15, 0.2) is 42.5 Å². The van der Waals surface area contributed by atoms with Crippen LogP contribution in [0.3, 0.4) is 0 Å². The number of rotatable bonds is 4. The third kappa shape index (κ3) is 2.95. The Hall–Kier alpha value is -2.16. The molecule has 0 unspecified atom stereocenters. The summed E-state index contributed by atoms with van der Waals surface area (Å²) in [6.07, 6.45) is 7.16. The van der Waals surface area contributed by atoms with E-state index in [-0.39, 0.29) is 5.91 Å². The van der Waals surface area contributed by atoms with Crippen LogP contribution < -0.4 is 0 Å². The van der Waals surface area contributed by atoms with Crippen LogP contribution in [0, 0.1) is 6.92 Å². The first kappa shape index (κ1) is 15.4. The van der Waals surface area contributed by atoms with Gasteiger partial charge in [-0.25, -0.2) is 0 Å². The minimum absolute atomic E-state index is 0.189. The van der Waals surface area contributed by atoms with Crippen molar-refractivity contribution in [3.8, 4) is 11.3 Å². The molecule has 3 nitrogen and oxygen atoms in total. The average Bonchev–Trinajstić information content (AvgIpc) is 3.29. The van der Waals surface area contributed by atoms with Crippen LogP contribution >= 0.6 is 0 Å². The molecule has 3 heteroatoms. The first-order valence-electron chi connectivity index (χ1n) is 9.10. The number of carbonyl (C=O) groups is 1. The number of aromatic nitrogens is 1. The highest BCUT2D eigenvalue weighted by molar-refractivity contribution is 5.96. The van der Waals surface area contributed by atoms with Crippen molar-refractivity contribution in [2.45, 2.75) is 57.5 Å². The molecule has 0 atom stereocenters. The zero-order chi connectivity index (χ0) is 16.5. The Morgan fingerprint density at radius 1 is 0.958 bits per heavy atom. The van der Waals surface area contributed by atoms with Crippen molar-refractivity contribution >= 4 is 5.91 Å². The molecule has 0 aliphatic heterocycles.